The molecule has 0 saturated carbocycles. The Kier molecular flexibility index (Phi) is 3.76. The van der Waals surface area contributed by atoms with Crippen molar-refractivity contribution in [2.75, 3.05) is 16.4 Å². The molecule has 1 unspecified atom stereocenters. The summed E-state index contributed by atoms with van der Waals surface area (Å²) in [5.41, 5.74) is 1.82. The molecule has 1 aromatic heterocycles. The molecule has 2 N–H and O–H groups in total. The number of hydrogen-bond donors (Lipinski definition) is 2. The van der Waals surface area contributed by atoms with Gasteiger partial charge in [0, 0.05) is 10.6 Å². The van der Waals surface area contributed by atoms with Gasteiger partial charge in [-0.3, -0.25) is 4.79 Å². The van der Waals surface area contributed by atoms with E-state index in [1.165, 1.54) is 0 Å². The molecule has 104 valence electrons. The van der Waals surface area contributed by atoms with Gasteiger partial charge in [0.15, 0.2) is 4.67 Å². The number of nitrogens with one attached hydrogen (secondary N) is 2. The third kappa shape index (κ3) is 2.86. The van der Waals surface area contributed by atoms with Gasteiger partial charge in [0.25, 0.3) is 0 Å². The molecule has 0 bridgehead atoms. The topological polar surface area (TPSA) is 54.3 Å². The highest BCUT2D eigenvalue weighted by atomic mass is 79.9. The van der Waals surface area contributed by atoms with Gasteiger partial charge in [-0.05, 0) is 53.2 Å². The van der Waals surface area contributed by atoms with E-state index in [2.05, 4.69) is 26.6 Å². The summed E-state index contributed by atoms with van der Waals surface area (Å²) in [6.45, 7) is 2.03. The Hall–Kier alpha value is -1.40. The Bertz CT molecular complexity index is 656. The third-order valence-corrected chi connectivity index (χ3v) is 4.52. The fraction of sp³-hybridized carbons (Fsp3) is 0.214. The molecule has 1 atom stereocenters. The molecule has 0 spiro atoms. The highest BCUT2D eigenvalue weighted by molar-refractivity contribution is 9.10. The normalized spacial score (nSPS) is 15.4. The van der Waals surface area contributed by atoms with Gasteiger partial charge in [-0.25, -0.2) is 0 Å². The Morgan fingerprint density at radius 2 is 2.25 bits per heavy atom. The van der Waals surface area contributed by atoms with E-state index < -0.39 is 0 Å². The largest absolute Gasteiger partial charge is 0.452 e. The number of hydrogen-bond acceptors (Lipinski definition) is 4. The quantitative estimate of drug-likeness (QED) is 0.866. The van der Waals surface area contributed by atoms with Crippen LogP contribution in [0.4, 0.5) is 11.4 Å². The molecule has 0 radical (unpaired) electrons. The minimum Gasteiger partial charge on any atom is -0.452 e. The van der Waals surface area contributed by atoms with Crippen molar-refractivity contribution in [1.29, 1.82) is 0 Å². The number of benzene rings is 1. The molecule has 1 amide bonds. The van der Waals surface area contributed by atoms with E-state index in [1.54, 1.807) is 11.8 Å². The van der Waals surface area contributed by atoms with Crippen LogP contribution in [0.1, 0.15) is 18.7 Å². The summed E-state index contributed by atoms with van der Waals surface area (Å²) in [6, 6.07) is 9.83. The van der Waals surface area contributed by atoms with E-state index in [-0.39, 0.29) is 11.9 Å². The Balaban J connectivity index is 1.78. The van der Waals surface area contributed by atoms with Crippen molar-refractivity contribution in [3.8, 4) is 0 Å². The number of anilines is 2. The molecule has 1 aliphatic heterocycles. The van der Waals surface area contributed by atoms with Crippen molar-refractivity contribution in [2.24, 2.45) is 0 Å². The summed E-state index contributed by atoms with van der Waals surface area (Å²) in [4.78, 5) is 12.5. The van der Waals surface area contributed by atoms with Gasteiger partial charge in [0.05, 0.1) is 17.5 Å². The Morgan fingerprint density at radius 1 is 1.40 bits per heavy atom. The average Bonchev–Trinajstić information content (AvgIpc) is 2.85. The first-order valence-corrected chi connectivity index (χ1v) is 7.98. The van der Waals surface area contributed by atoms with E-state index >= 15 is 0 Å². The van der Waals surface area contributed by atoms with Gasteiger partial charge in [-0.2, -0.15) is 0 Å². The van der Waals surface area contributed by atoms with Crippen molar-refractivity contribution < 1.29 is 9.21 Å². The van der Waals surface area contributed by atoms with Crippen LogP contribution in [0.2, 0.25) is 0 Å². The lowest BCUT2D eigenvalue weighted by molar-refractivity contribution is -0.113. The average molecular weight is 353 g/mol. The second-order valence-corrected chi connectivity index (χ2v) is 6.35. The van der Waals surface area contributed by atoms with E-state index in [0.29, 0.717) is 5.75 Å². The van der Waals surface area contributed by atoms with E-state index in [0.717, 1.165) is 26.7 Å². The van der Waals surface area contributed by atoms with Crippen LogP contribution in [0.5, 0.6) is 0 Å². The maximum absolute atomic E-state index is 11.4. The van der Waals surface area contributed by atoms with Crippen molar-refractivity contribution in [2.45, 2.75) is 17.9 Å². The molecule has 2 aromatic rings. The smallest absolute Gasteiger partial charge is 0.234 e. The maximum Gasteiger partial charge on any atom is 0.234 e. The number of fused-ring (bicyclic) bond motifs is 1. The summed E-state index contributed by atoms with van der Waals surface area (Å²) in [7, 11) is 0. The highest BCUT2D eigenvalue weighted by Gasteiger charge is 2.16. The number of thioether (sulfide) groups is 1. The Morgan fingerprint density at radius 3 is 3.00 bits per heavy atom. The minimum atomic E-state index is 0.0441. The molecule has 20 heavy (non-hydrogen) atoms. The lowest BCUT2D eigenvalue weighted by atomic mass is 10.2. The van der Waals surface area contributed by atoms with Crippen LogP contribution in [0, 0.1) is 0 Å². The zero-order valence-electron chi connectivity index (χ0n) is 10.8. The van der Waals surface area contributed by atoms with Gasteiger partial charge in [0.2, 0.25) is 5.91 Å². The molecule has 1 aliphatic rings. The van der Waals surface area contributed by atoms with Crippen molar-refractivity contribution in [1.82, 2.24) is 0 Å². The fourth-order valence-corrected chi connectivity index (χ4v) is 3.16. The van der Waals surface area contributed by atoms with Crippen LogP contribution in [0.15, 0.2) is 44.3 Å². The molecule has 4 nitrogen and oxygen atoms in total. The monoisotopic (exact) mass is 352 g/mol. The Labute approximate surface area is 129 Å². The maximum atomic E-state index is 11.4. The molecule has 0 saturated heterocycles. The van der Waals surface area contributed by atoms with Gasteiger partial charge >= 0.3 is 0 Å². The van der Waals surface area contributed by atoms with Crippen LogP contribution in [-0.4, -0.2) is 11.7 Å². The first-order chi connectivity index (χ1) is 9.61. The number of amides is 1. The molecule has 0 aliphatic carbocycles. The summed E-state index contributed by atoms with van der Waals surface area (Å²) in [6.07, 6.45) is 0. The predicted octanol–water partition coefficient (Wildman–Crippen LogP) is 4.26. The number of rotatable bonds is 3. The van der Waals surface area contributed by atoms with Crippen LogP contribution < -0.4 is 10.6 Å². The van der Waals surface area contributed by atoms with Gasteiger partial charge in [0.1, 0.15) is 5.76 Å². The molecular weight excluding hydrogens is 340 g/mol. The fourth-order valence-electron chi connectivity index (χ4n) is 2.06. The van der Waals surface area contributed by atoms with Crippen LogP contribution in [-0.2, 0) is 4.79 Å². The zero-order chi connectivity index (χ0) is 14.1. The number of carbonyl (C=O) groups excluding carboxylic acids is 1. The standard InChI is InChI=1S/C14H13BrN2O2S/c1-8(11-3-5-13(15)19-11)16-9-2-4-12-10(6-9)17-14(18)7-20-12/h2-6,8,16H,7H2,1H3,(H,17,18). The molecule has 0 fully saturated rings. The number of halogens is 1. The summed E-state index contributed by atoms with van der Waals surface area (Å²) in [5.74, 6) is 1.38. The minimum absolute atomic E-state index is 0.0441. The van der Waals surface area contributed by atoms with E-state index in [1.807, 2.05) is 37.3 Å². The van der Waals surface area contributed by atoms with Gasteiger partial charge in [-0.15, -0.1) is 11.8 Å². The third-order valence-electron chi connectivity index (χ3n) is 3.02. The first-order valence-electron chi connectivity index (χ1n) is 6.20. The number of carbonyl (C=O) groups is 1. The lowest BCUT2D eigenvalue weighted by Crippen LogP contribution is -2.18. The predicted molar refractivity (Wildman–Crippen MR) is 84.2 cm³/mol. The summed E-state index contributed by atoms with van der Waals surface area (Å²) >= 11 is 4.86. The zero-order valence-corrected chi connectivity index (χ0v) is 13.2. The molecule has 2 heterocycles. The van der Waals surface area contributed by atoms with Crippen LogP contribution in [0.3, 0.4) is 0 Å². The van der Waals surface area contributed by atoms with Crippen molar-refractivity contribution in [3.05, 3.63) is 40.8 Å². The van der Waals surface area contributed by atoms with Gasteiger partial charge in [-0.1, -0.05) is 0 Å². The molecular formula is C14H13BrN2O2S. The van der Waals surface area contributed by atoms with E-state index in [9.17, 15) is 4.79 Å². The highest BCUT2D eigenvalue weighted by Crippen LogP contribution is 2.34. The van der Waals surface area contributed by atoms with Gasteiger partial charge < -0.3 is 15.1 Å². The van der Waals surface area contributed by atoms with Crippen LogP contribution in [0.25, 0.3) is 0 Å². The van der Waals surface area contributed by atoms with E-state index in [4.69, 9.17) is 4.42 Å². The lowest BCUT2D eigenvalue weighted by Gasteiger charge is -2.19. The number of furan rings is 1. The summed E-state index contributed by atoms with van der Waals surface area (Å²) in [5, 5.41) is 6.25. The second kappa shape index (κ2) is 5.54. The molecule has 1 aromatic carbocycles. The summed E-state index contributed by atoms with van der Waals surface area (Å²) < 4.78 is 6.25. The van der Waals surface area contributed by atoms with Crippen molar-refractivity contribution >= 4 is 45.0 Å². The first kappa shape index (κ1) is 13.6. The molecule has 6 heteroatoms. The van der Waals surface area contributed by atoms with Crippen LogP contribution >= 0.6 is 27.7 Å². The molecule has 3 rings (SSSR count). The van der Waals surface area contributed by atoms with Crippen molar-refractivity contribution in [3.63, 3.8) is 0 Å². The second-order valence-electron chi connectivity index (χ2n) is 4.56. The SMILES string of the molecule is CC(Nc1ccc2c(c1)NC(=O)CS2)c1ccc(Br)o1.